The Bertz CT molecular complexity index is 838. The summed E-state index contributed by atoms with van der Waals surface area (Å²) in [5, 5.41) is 2.99. The molecular weight excluding hydrogens is 404 g/mol. The third kappa shape index (κ3) is 4.46. The number of anilines is 2. The Morgan fingerprint density at radius 2 is 1.78 bits per heavy atom. The Balaban J connectivity index is 2.29. The maximum absolute atomic E-state index is 12.3. The van der Waals surface area contributed by atoms with Gasteiger partial charge in [0.2, 0.25) is 10.0 Å². The highest BCUT2D eigenvalue weighted by Crippen LogP contribution is 2.28. The molecule has 122 valence electrons. The summed E-state index contributed by atoms with van der Waals surface area (Å²) in [6.07, 6.45) is 1.07. The Morgan fingerprint density at radius 1 is 1.17 bits per heavy atom. The van der Waals surface area contributed by atoms with Gasteiger partial charge in [-0.05, 0) is 42.5 Å². The number of benzene rings is 2. The maximum Gasteiger partial charge on any atom is 0.255 e. The summed E-state index contributed by atoms with van der Waals surface area (Å²) in [6.45, 7) is 0. The number of hydrogen-bond donors (Lipinski definition) is 1. The molecule has 2 aromatic carbocycles. The van der Waals surface area contributed by atoms with Gasteiger partial charge in [-0.25, -0.2) is 8.42 Å². The van der Waals surface area contributed by atoms with Gasteiger partial charge >= 0.3 is 0 Å². The molecule has 0 radical (unpaired) electrons. The number of rotatable bonds is 4. The Morgan fingerprint density at radius 3 is 2.35 bits per heavy atom. The standard InChI is InChI=1S/C15H14BrClN2O3S/c1-19(23(2,21)22)14-9-10(3-8-13(14)17)15(20)18-12-6-4-11(16)5-7-12/h3-9H,1-2H3,(H,18,20). The molecule has 0 unspecified atom stereocenters. The van der Waals surface area contributed by atoms with Crippen molar-refractivity contribution < 1.29 is 13.2 Å². The molecule has 2 aromatic rings. The normalized spacial score (nSPS) is 11.1. The fourth-order valence-electron chi connectivity index (χ4n) is 1.81. The second kappa shape index (κ2) is 6.90. The van der Waals surface area contributed by atoms with E-state index in [4.69, 9.17) is 11.6 Å². The largest absolute Gasteiger partial charge is 0.322 e. The van der Waals surface area contributed by atoms with Gasteiger partial charge in [-0.15, -0.1) is 0 Å². The van der Waals surface area contributed by atoms with Crippen molar-refractivity contribution in [3.63, 3.8) is 0 Å². The van der Waals surface area contributed by atoms with E-state index in [9.17, 15) is 13.2 Å². The van der Waals surface area contributed by atoms with Crippen molar-refractivity contribution >= 4 is 54.8 Å². The molecule has 0 aromatic heterocycles. The van der Waals surface area contributed by atoms with Gasteiger partial charge in [-0.3, -0.25) is 9.10 Å². The maximum atomic E-state index is 12.3. The van der Waals surface area contributed by atoms with Gasteiger partial charge in [0.25, 0.3) is 5.91 Å². The van der Waals surface area contributed by atoms with Crippen molar-refractivity contribution in [3.8, 4) is 0 Å². The fraction of sp³-hybridized carbons (Fsp3) is 0.133. The molecule has 1 amide bonds. The predicted octanol–water partition coefficient (Wildman–Crippen LogP) is 3.75. The van der Waals surface area contributed by atoms with E-state index in [2.05, 4.69) is 21.2 Å². The quantitative estimate of drug-likeness (QED) is 0.824. The first-order chi connectivity index (χ1) is 10.7. The van der Waals surface area contributed by atoms with Crippen molar-refractivity contribution in [1.82, 2.24) is 0 Å². The molecule has 0 heterocycles. The van der Waals surface area contributed by atoms with Crippen LogP contribution < -0.4 is 9.62 Å². The van der Waals surface area contributed by atoms with Crippen LogP contribution in [0.1, 0.15) is 10.4 Å². The number of halogens is 2. The lowest BCUT2D eigenvalue weighted by molar-refractivity contribution is 0.102. The summed E-state index contributed by atoms with van der Waals surface area (Å²) in [6, 6.07) is 11.6. The monoisotopic (exact) mass is 416 g/mol. The molecule has 0 aliphatic rings. The first-order valence-corrected chi connectivity index (χ1v) is 9.51. The minimum absolute atomic E-state index is 0.248. The molecule has 0 saturated heterocycles. The van der Waals surface area contributed by atoms with Crippen LogP contribution >= 0.6 is 27.5 Å². The van der Waals surface area contributed by atoms with Crippen LogP contribution in [0, 0.1) is 0 Å². The highest BCUT2D eigenvalue weighted by Gasteiger charge is 2.17. The third-order valence-corrected chi connectivity index (χ3v) is 5.19. The van der Waals surface area contributed by atoms with Gasteiger partial charge in [0.1, 0.15) is 0 Å². The molecule has 0 atom stereocenters. The molecule has 8 heteroatoms. The number of amides is 1. The van der Waals surface area contributed by atoms with Crippen LogP contribution in [0.2, 0.25) is 5.02 Å². The van der Waals surface area contributed by atoms with E-state index in [0.717, 1.165) is 15.0 Å². The summed E-state index contributed by atoms with van der Waals surface area (Å²) in [5.74, 6) is -0.354. The highest BCUT2D eigenvalue weighted by molar-refractivity contribution is 9.10. The van der Waals surface area contributed by atoms with Crippen molar-refractivity contribution in [2.45, 2.75) is 0 Å². The average Bonchev–Trinajstić information content (AvgIpc) is 2.48. The molecule has 0 aliphatic heterocycles. The number of nitrogens with zero attached hydrogens (tertiary/aromatic N) is 1. The zero-order valence-electron chi connectivity index (χ0n) is 12.4. The van der Waals surface area contributed by atoms with E-state index < -0.39 is 10.0 Å². The second-order valence-electron chi connectivity index (χ2n) is 4.86. The van der Waals surface area contributed by atoms with Gasteiger partial charge in [0, 0.05) is 22.8 Å². The van der Waals surface area contributed by atoms with Crippen LogP contribution in [0.25, 0.3) is 0 Å². The average molecular weight is 418 g/mol. The van der Waals surface area contributed by atoms with Gasteiger partial charge in [-0.2, -0.15) is 0 Å². The minimum atomic E-state index is -3.47. The molecule has 5 nitrogen and oxygen atoms in total. The van der Waals surface area contributed by atoms with Crippen molar-refractivity contribution in [3.05, 3.63) is 57.5 Å². The van der Waals surface area contributed by atoms with Crippen molar-refractivity contribution in [1.29, 1.82) is 0 Å². The van der Waals surface area contributed by atoms with Gasteiger partial charge in [0.15, 0.2) is 0 Å². The van der Waals surface area contributed by atoms with Crippen LogP contribution in [-0.4, -0.2) is 27.6 Å². The van der Waals surface area contributed by atoms with E-state index in [-0.39, 0.29) is 16.6 Å². The molecule has 23 heavy (non-hydrogen) atoms. The molecule has 0 fully saturated rings. The number of carbonyl (C=O) groups is 1. The second-order valence-corrected chi connectivity index (χ2v) is 8.19. The Kier molecular flexibility index (Phi) is 5.33. The zero-order chi connectivity index (χ0) is 17.2. The van der Waals surface area contributed by atoms with Crippen LogP contribution in [0.5, 0.6) is 0 Å². The number of sulfonamides is 1. The summed E-state index contributed by atoms with van der Waals surface area (Å²) in [7, 11) is -2.09. The molecule has 0 spiro atoms. The van der Waals surface area contributed by atoms with Crippen LogP contribution in [-0.2, 0) is 10.0 Å². The lowest BCUT2D eigenvalue weighted by Gasteiger charge is -2.18. The lowest BCUT2D eigenvalue weighted by Crippen LogP contribution is -2.25. The summed E-state index contributed by atoms with van der Waals surface area (Å²) >= 11 is 9.36. The van der Waals surface area contributed by atoms with Crippen molar-refractivity contribution in [2.24, 2.45) is 0 Å². The molecule has 0 saturated carbocycles. The van der Waals surface area contributed by atoms with Crippen LogP contribution in [0.15, 0.2) is 46.9 Å². The van der Waals surface area contributed by atoms with Gasteiger partial charge < -0.3 is 5.32 Å². The number of hydrogen-bond acceptors (Lipinski definition) is 3. The van der Waals surface area contributed by atoms with E-state index in [1.54, 1.807) is 24.3 Å². The van der Waals surface area contributed by atoms with Gasteiger partial charge in [0.05, 0.1) is 17.0 Å². The van der Waals surface area contributed by atoms with Crippen molar-refractivity contribution in [2.75, 3.05) is 22.9 Å². The first-order valence-electron chi connectivity index (χ1n) is 6.49. The zero-order valence-corrected chi connectivity index (χ0v) is 15.5. The molecular formula is C15H14BrClN2O3S. The van der Waals surface area contributed by atoms with E-state index in [1.165, 1.54) is 25.2 Å². The number of carbonyl (C=O) groups excluding carboxylic acids is 1. The first kappa shape index (κ1) is 17.8. The molecule has 1 N–H and O–H groups in total. The van der Waals surface area contributed by atoms with Crippen LogP contribution in [0.3, 0.4) is 0 Å². The van der Waals surface area contributed by atoms with E-state index >= 15 is 0 Å². The minimum Gasteiger partial charge on any atom is -0.322 e. The SMILES string of the molecule is CN(c1cc(C(=O)Nc2ccc(Br)cc2)ccc1Cl)S(C)(=O)=O. The van der Waals surface area contributed by atoms with E-state index in [1.807, 2.05) is 0 Å². The van der Waals surface area contributed by atoms with E-state index in [0.29, 0.717) is 11.3 Å². The molecule has 0 aliphatic carbocycles. The lowest BCUT2D eigenvalue weighted by atomic mass is 10.2. The predicted molar refractivity (Wildman–Crippen MR) is 96.8 cm³/mol. The summed E-state index contributed by atoms with van der Waals surface area (Å²) < 4.78 is 25.2. The molecule has 0 bridgehead atoms. The van der Waals surface area contributed by atoms with Crippen LogP contribution in [0.4, 0.5) is 11.4 Å². The Hall–Kier alpha value is -1.57. The summed E-state index contributed by atoms with van der Waals surface area (Å²) in [5.41, 5.74) is 1.19. The highest BCUT2D eigenvalue weighted by atomic mass is 79.9. The Labute approximate surface area is 148 Å². The topological polar surface area (TPSA) is 66.5 Å². The summed E-state index contributed by atoms with van der Waals surface area (Å²) in [4.78, 5) is 12.3. The molecule has 2 rings (SSSR count). The smallest absolute Gasteiger partial charge is 0.255 e. The third-order valence-electron chi connectivity index (χ3n) is 3.15. The number of nitrogens with one attached hydrogen (secondary N) is 1. The fourth-order valence-corrected chi connectivity index (χ4v) is 2.88. The van der Waals surface area contributed by atoms with Gasteiger partial charge in [-0.1, -0.05) is 27.5 Å².